The van der Waals surface area contributed by atoms with E-state index in [9.17, 15) is 9.59 Å². The number of fused-ring (bicyclic) bond motifs is 2. The van der Waals surface area contributed by atoms with Gasteiger partial charge in [0.05, 0.1) is 6.10 Å². The fraction of sp³-hybridized carbons (Fsp3) is 0.824. The zero-order chi connectivity index (χ0) is 16.5. The summed E-state index contributed by atoms with van der Waals surface area (Å²) in [5, 5.41) is 7.52. The van der Waals surface area contributed by atoms with E-state index < -0.39 is 0 Å². The Morgan fingerprint density at radius 2 is 2.12 bits per heavy atom. The molecule has 4 rings (SSSR count). The molecule has 1 N–H and O–H groups in total. The Morgan fingerprint density at radius 1 is 1.21 bits per heavy atom. The molecular weight excluding hydrogens is 308 g/mol. The number of ether oxygens (including phenoxy) is 1. The predicted molar refractivity (Wildman–Crippen MR) is 87.7 cm³/mol. The molecule has 24 heavy (non-hydrogen) atoms. The van der Waals surface area contributed by atoms with Crippen molar-refractivity contribution in [2.45, 2.75) is 76.6 Å². The summed E-state index contributed by atoms with van der Waals surface area (Å²) in [6, 6.07) is 0.176. The second-order valence-corrected chi connectivity index (χ2v) is 7.29. The van der Waals surface area contributed by atoms with Crippen molar-refractivity contribution in [3.8, 4) is 0 Å². The summed E-state index contributed by atoms with van der Waals surface area (Å²) in [5.41, 5.74) is -0.146. The monoisotopic (exact) mass is 334 g/mol. The first kappa shape index (κ1) is 15.9. The maximum atomic E-state index is 12.4. The highest BCUT2D eigenvalue weighted by molar-refractivity contribution is 5.76. The van der Waals surface area contributed by atoms with Gasteiger partial charge in [-0.25, -0.2) is 9.48 Å². The third kappa shape index (κ3) is 3.01. The fourth-order valence-electron chi connectivity index (χ4n) is 4.47. The average molecular weight is 334 g/mol. The summed E-state index contributed by atoms with van der Waals surface area (Å²) in [6.45, 7) is 1.54. The van der Waals surface area contributed by atoms with E-state index in [1.54, 1.807) is 4.57 Å². The summed E-state index contributed by atoms with van der Waals surface area (Å²) in [7, 11) is 0. The largest absolute Gasteiger partial charge is 0.378 e. The van der Waals surface area contributed by atoms with Crippen molar-refractivity contribution in [1.29, 1.82) is 0 Å². The first-order valence-electron chi connectivity index (χ1n) is 9.30. The summed E-state index contributed by atoms with van der Waals surface area (Å²) in [6.07, 6.45) is 8.55. The lowest BCUT2D eigenvalue weighted by Gasteiger charge is -2.33. The van der Waals surface area contributed by atoms with Gasteiger partial charge < -0.3 is 10.1 Å². The average Bonchev–Trinajstić information content (AvgIpc) is 3.07. The molecule has 1 aromatic heterocycles. The number of nitrogens with zero attached hydrogens (tertiary/aromatic N) is 3. The van der Waals surface area contributed by atoms with E-state index in [4.69, 9.17) is 4.74 Å². The highest BCUT2D eigenvalue weighted by Gasteiger charge is 2.38. The Morgan fingerprint density at radius 3 is 3.04 bits per heavy atom. The van der Waals surface area contributed by atoms with Crippen LogP contribution in [0.4, 0.5) is 0 Å². The van der Waals surface area contributed by atoms with E-state index in [1.165, 1.54) is 4.68 Å². The van der Waals surface area contributed by atoms with Crippen LogP contribution < -0.4 is 11.0 Å². The Kier molecular flexibility index (Phi) is 4.43. The van der Waals surface area contributed by atoms with Gasteiger partial charge in [-0.2, -0.15) is 5.10 Å². The molecule has 1 aliphatic carbocycles. The number of carbonyl (C=O) groups is 1. The molecule has 1 saturated carbocycles. The van der Waals surface area contributed by atoms with Crippen LogP contribution in [0.15, 0.2) is 4.79 Å². The van der Waals surface area contributed by atoms with Gasteiger partial charge in [-0.15, -0.1) is 0 Å². The third-order valence-corrected chi connectivity index (χ3v) is 5.70. The molecule has 1 saturated heterocycles. The molecule has 2 fully saturated rings. The van der Waals surface area contributed by atoms with Crippen molar-refractivity contribution in [2.24, 2.45) is 5.92 Å². The van der Waals surface area contributed by atoms with E-state index in [0.717, 1.165) is 70.3 Å². The van der Waals surface area contributed by atoms with Crippen molar-refractivity contribution < 1.29 is 9.53 Å². The molecule has 0 bridgehead atoms. The zero-order valence-corrected chi connectivity index (χ0v) is 14.1. The highest BCUT2D eigenvalue weighted by atomic mass is 16.5. The highest BCUT2D eigenvalue weighted by Crippen LogP contribution is 2.34. The van der Waals surface area contributed by atoms with Crippen LogP contribution in [0.1, 0.15) is 50.8 Å². The minimum atomic E-state index is -0.146. The standard InChI is InChI=1S/C17H26N4O3/c22-16(18-13-5-4-6-14-12(13)8-10-24-14)11-21-17(23)20-9-3-1-2-7-15(20)19-21/h12-14H,1-11H2,(H,18,22)/t12-,13-,14-/m1/s1. The van der Waals surface area contributed by atoms with E-state index in [1.807, 2.05) is 0 Å². The predicted octanol–water partition coefficient (Wildman–Crippen LogP) is 0.845. The topological polar surface area (TPSA) is 78.2 Å². The fourth-order valence-corrected chi connectivity index (χ4v) is 4.47. The van der Waals surface area contributed by atoms with Gasteiger partial charge in [-0.05, 0) is 38.5 Å². The molecule has 0 aromatic carbocycles. The number of aryl methyl sites for hydroxylation is 1. The van der Waals surface area contributed by atoms with Gasteiger partial charge >= 0.3 is 5.69 Å². The number of hydrogen-bond acceptors (Lipinski definition) is 4. The number of hydrogen-bond donors (Lipinski definition) is 1. The van der Waals surface area contributed by atoms with Crippen LogP contribution in [0, 0.1) is 5.92 Å². The van der Waals surface area contributed by atoms with Gasteiger partial charge in [0.2, 0.25) is 5.91 Å². The van der Waals surface area contributed by atoms with Gasteiger partial charge in [0.1, 0.15) is 12.4 Å². The number of rotatable bonds is 3. The summed E-state index contributed by atoms with van der Waals surface area (Å²) >= 11 is 0. The molecule has 3 aliphatic rings. The van der Waals surface area contributed by atoms with Gasteiger partial charge in [-0.1, -0.05) is 6.42 Å². The van der Waals surface area contributed by atoms with Crippen molar-refractivity contribution in [1.82, 2.24) is 19.7 Å². The lowest BCUT2D eigenvalue weighted by Crippen LogP contribution is -2.47. The molecule has 0 unspecified atom stereocenters. The zero-order valence-electron chi connectivity index (χ0n) is 14.1. The Balaban J connectivity index is 1.42. The molecule has 3 heterocycles. The first-order chi connectivity index (χ1) is 11.7. The molecule has 3 atom stereocenters. The van der Waals surface area contributed by atoms with E-state index in [2.05, 4.69) is 10.4 Å². The lowest BCUT2D eigenvalue weighted by atomic mass is 9.82. The van der Waals surface area contributed by atoms with Crippen LogP contribution in [0.2, 0.25) is 0 Å². The first-order valence-corrected chi connectivity index (χ1v) is 9.30. The van der Waals surface area contributed by atoms with Crippen LogP contribution in [-0.2, 0) is 29.0 Å². The molecule has 1 amide bonds. The minimum Gasteiger partial charge on any atom is -0.378 e. The van der Waals surface area contributed by atoms with Gasteiger partial charge in [0.15, 0.2) is 0 Å². The minimum absolute atomic E-state index is 0.0214. The third-order valence-electron chi connectivity index (χ3n) is 5.70. The van der Waals surface area contributed by atoms with Gasteiger partial charge in [0, 0.05) is 31.5 Å². The van der Waals surface area contributed by atoms with Crippen LogP contribution in [0.3, 0.4) is 0 Å². The van der Waals surface area contributed by atoms with E-state index >= 15 is 0 Å². The maximum absolute atomic E-state index is 12.4. The number of amides is 1. The molecule has 2 aliphatic heterocycles. The molecule has 0 radical (unpaired) electrons. The van der Waals surface area contributed by atoms with Crippen LogP contribution in [0.5, 0.6) is 0 Å². The van der Waals surface area contributed by atoms with Crippen molar-refractivity contribution in [2.75, 3.05) is 6.61 Å². The molecule has 132 valence electrons. The van der Waals surface area contributed by atoms with E-state index in [0.29, 0.717) is 12.0 Å². The van der Waals surface area contributed by atoms with E-state index in [-0.39, 0.29) is 24.2 Å². The Labute approximate surface area is 141 Å². The van der Waals surface area contributed by atoms with Crippen molar-refractivity contribution >= 4 is 5.91 Å². The van der Waals surface area contributed by atoms with Gasteiger partial charge in [-0.3, -0.25) is 9.36 Å². The number of aromatic nitrogens is 3. The van der Waals surface area contributed by atoms with Crippen LogP contribution >= 0.6 is 0 Å². The summed E-state index contributed by atoms with van der Waals surface area (Å²) < 4.78 is 8.82. The quantitative estimate of drug-likeness (QED) is 0.889. The smallest absolute Gasteiger partial charge is 0.346 e. The normalized spacial score (nSPS) is 29.6. The maximum Gasteiger partial charge on any atom is 0.346 e. The SMILES string of the molecule is O=C(Cn1nc2n(c1=O)CCCCC2)N[C@@H]1CCC[C@H]2OCC[C@H]12. The lowest BCUT2D eigenvalue weighted by molar-refractivity contribution is -0.123. The van der Waals surface area contributed by atoms with Crippen LogP contribution in [0.25, 0.3) is 0 Å². The van der Waals surface area contributed by atoms with Crippen molar-refractivity contribution in [3.05, 3.63) is 16.3 Å². The van der Waals surface area contributed by atoms with Crippen molar-refractivity contribution in [3.63, 3.8) is 0 Å². The Hall–Kier alpha value is -1.63. The molecule has 7 heteroatoms. The molecule has 1 aromatic rings. The second-order valence-electron chi connectivity index (χ2n) is 7.29. The molecule has 7 nitrogen and oxygen atoms in total. The second kappa shape index (κ2) is 6.70. The summed E-state index contributed by atoms with van der Waals surface area (Å²) in [5.74, 6) is 1.15. The number of carbonyl (C=O) groups excluding carboxylic acids is 1. The summed E-state index contributed by atoms with van der Waals surface area (Å²) in [4.78, 5) is 24.9. The number of nitrogens with one attached hydrogen (secondary N) is 1. The van der Waals surface area contributed by atoms with Gasteiger partial charge in [0.25, 0.3) is 0 Å². The molecule has 0 spiro atoms. The van der Waals surface area contributed by atoms with Crippen LogP contribution in [-0.4, -0.2) is 39.0 Å². The Bertz CT molecular complexity index is 665. The molecular formula is C17H26N4O3.